The number of anilines is 2. The zero-order valence-corrected chi connectivity index (χ0v) is 13.0. The molecule has 0 radical (unpaired) electrons. The highest BCUT2D eigenvalue weighted by atomic mass is 79.9. The van der Waals surface area contributed by atoms with Crippen molar-refractivity contribution in [2.24, 2.45) is 0 Å². The molecule has 0 unspecified atom stereocenters. The normalized spacial score (nSPS) is 10.4. The number of benzene rings is 2. The first-order valence-corrected chi connectivity index (χ1v) is 7.60. The van der Waals surface area contributed by atoms with Crippen LogP contribution in [-0.2, 0) is 0 Å². The first kappa shape index (κ1) is 13.1. The minimum Gasteiger partial charge on any atom is -0.331 e. The van der Waals surface area contributed by atoms with Crippen molar-refractivity contribution >= 4 is 48.3 Å². The van der Waals surface area contributed by atoms with Crippen LogP contribution in [0.2, 0.25) is 0 Å². The average Bonchev–Trinajstić information content (AvgIpc) is 2.82. The van der Waals surface area contributed by atoms with Gasteiger partial charge in [0.15, 0.2) is 5.13 Å². The molecular formula is C15H10BrN3S. The van der Waals surface area contributed by atoms with Crippen LogP contribution >= 0.6 is 27.3 Å². The molecule has 2 aromatic carbocycles. The third-order valence-electron chi connectivity index (χ3n) is 2.96. The van der Waals surface area contributed by atoms with Crippen molar-refractivity contribution in [1.29, 1.82) is 5.26 Å². The zero-order valence-electron chi connectivity index (χ0n) is 10.6. The maximum absolute atomic E-state index is 8.97. The monoisotopic (exact) mass is 343 g/mol. The van der Waals surface area contributed by atoms with E-state index in [1.807, 2.05) is 43.3 Å². The molecule has 0 aliphatic heterocycles. The number of nitrogens with zero attached hydrogens (tertiary/aromatic N) is 2. The Kier molecular flexibility index (Phi) is 3.43. The Morgan fingerprint density at radius 2 is 2.10 bits per heavy atom. The van der Waals surface area contributed by atoms with Crippen LogP contribution in [0.4, 0.5) is 10.8 Å². The number of fused-ring (bicyclic) bond motifs is 1. The molecule has 0 aliphatic carbocycles. The van der Waals surface area contributed by atoms with Gasteiger partial charge in [-0.2, -0.15) is 5.26 Å². The summed E-state index contributed by atoms with van der Waals surface area (Å²) in [5.74, 6) is 0. The standard InChI is InChI=1S/C15H10BrN3S/c1-9-2-3-10(8-17)6-12(9)18-15-19-13-7-11(16)4-5-14(13)20-15/h2-7H,1H3,(H,18,19). The number of hydrogen-bond acceptors (Lipinski definition) is 4. The number of nitriles is 1. The van der Waals surface area contributed by atoms with Gasteiger partial charge in [0.05, 0.1) is 21.8 Å². The number of nitrogens with one attached hydrogen (secondary N) is 1. The summed E-state index contributed by atoms with van der Waals surface area (Å²) < 4.78 is 2.15. The van der Waals surface area contributed by atoms with Crippen LogP contribution in [0.1, 0.15) is 11.1 Å². The molecule has 3 rings (SSSR count). The van der Waals surface area contributed by atoms with E-state index in [-0.39, 0.29) is 0 Å². The average molecular weight is 344 g/mol. The lowest BCUT2D eigenvalue weighted by atomic mass is 10.1. The third kappa shape index (κ3) is 2.53. The first-order valence-electron chi connectivity index (χ1n) is 5.99. The molecule has 3 aromatic rings. The van der Waals surface area contributed by atoms with Gasteiger partial charge >= 0.3 is 0 Å². The molecule has 0 spiro atoms. The van der Waals surface area contributed by atoms with Crippen LogP contribution in [-0.4, -0.2) is 4.98 Å². The Balaban J connectivity index is 1.99. The van der Waals surface area contributed by atoms with E-state index >= 15 is 0 Å². The molecule has 0 fully saturated rings. The minimum absolute atomic E-state index is 0.641. The molecule has 0 saturated heterocycles. The lowest BCUT2D eigenvalue weighted by molar-refractivity contribution is 1.38. The van der Waals surface area contributed by atoms with Crippen LogP contribution in [0.5, 0.6) is 0 Å². The van der Waals surface area contributed by atoms with Crippen LogP contribution in [0.15, 0.2) is 40.9 Å². The second-order valence-electron chi connectivity index (χ2n) is 4.40. The molecule has 3 nitrogen and oxygen atoms in total. The maximum atomic E-state index is 8.97. The van der Waals surface area contributed by atoms with E-state index in [1.165, 1.54) is 0 Å². The largest absolute Gasteiger partial charge is 0.331 e. The third-order valence-corrected chi connectivity index (χ3v) is 4.40. The Hall–Kier alpha value is -1.90. The summed E-state index contributed by atoms with van der Waals surface area (Å²) in [4.78, 5) is 4.56. The van der Waals surface area contributed by atoms with Gasteiger partial charge in [-0.15, -0.1) is 0 Å². The fraction of sp³-hybridized carbons (Fsp3) is 0.0667. The van der Waals surface area contributed by atoms with Gasteiger partial charge in [0.25, 0.3) is 0 Å². The lowest BCUT2D eigenvalue weighted by Gasteiger charge is -2.06. The summed E-state index contributed by atoms with van der Waals surface area (Å²) in [6.45, 7) is 2.01. The van der Waals surface area contributed by atoms with E-state index in [0.29, 0.717) is 5.56 Å². The van der Waals surface area contributed by atoms with Crippen molar-refractivity contribution in [3.8, 4) is 6.07 Å². The SMILES string of the molecule is Cc1ccc(C#N)cc1Nc1nc2cc(Br)ccc2s1. The van der Waals surface area contributed by atoms with Crippen molar-refractivity contribution in [1.82, 2.24) is 4.98 Å². The van der Waals surface area contributed by atoms with Crippen LogP contribution in [0.3, 0.4) is 0 Å². The van der Waals surface area contributed by atoms with Gasteiger partial charge in [-0.05, 0) is 42.8 Å². The van der Waals surface area contributed by atoms with Gasteiger partial charge in [0.2, 0.25) is 0 Å². The van der Waals surface area contributed by atoms with Crippen LogP contribution in [0, 0.1) is 18.3 Å². The van der Waals surface area contributed by atoms with Gasteiger partial charge < -0.3 is 5.32 Å². The zero-order chi connectivity index (χ0) is 14.1. The molecule has 1 N–H and O–H groups in total. The summed E-state index contributed by atoms with van der Waals surface area (Å²) in [6, 6.07) is 13.8. The fourth-order valence-electron chi connectivity index (χ4n) is 1.90. The highest BCUT2D eigenvalue weighted by molar-refractivity contribution is 9.10. The molecule has 0 bridgehead atoms. The Labute approximate surface area is 129 Å². The summed E-state index contributed by atoms with van der Waals surface area (Å²) in [7, 11) is 0. The molecule has 20 heavy (non-hydrogen) atoms. The van der Waals surface area contributed by atoms with Crippen molar-refractivity contribution in [3.63, 3.8) is 0 Å². The molecule has 0 atom stereocenters. The van der Waals surface area contributed by atoms with Crippen molar-refractivity contribution in [2.75, 3.05) is 5.32 Å². The van der Waals surface area contributed by atoms with Crippen molar-refractivity contribution < 1.29 is 0 Å². The van der Waals surface area contributed by atoms with E-state index in [4.69, 9.17) is 5.26 Å². The molecule has 5 heteroatoms. The molecule has 0 saturated carbocycles. The number of aromatic nitrogens is 1. The highest BCUT2D eigenvalue weighted by Gasteiger charge is 2.06. The second-order valence-corrected chi connectivity index (χ2v) is 6.34. The van der Waals surface area contributed by atoms with E-state index in [9.17, 15) is 0 Å². The van der Waals surface area contributed by atoms with Gasteiger partial charge in [0, 0.05) is 10.2 Å². The topological polar surface area (TPSA) is 48.7 Å². The predicted octanol–water partition coefficient (Wildman–Crippen LogP) is 4.98. The molecule has 98 valence electrons. The highest BCUT2D eigenvalue weighted by Crippen LogP contribution is 2.31. The number of halogens is 1. The van der Waals surface area contributed by atoms with Gasteiger partial charge in [0.1, 0.15) is 0 Å². The first-order chi connectivity index (χ1) is 9.65. The lowest BCUT2D eigenvalue weighted by Crippen LogP contribution is -1.93. The Morgan fingerprint density at radius 1 is 1.25 bits per heavy atom. The minimum atomic E-state index is 0.641. The maximum Gasteiger partial charge on any atom is 0.188 e. The molecule has 1 aromatic heterocycles. The number of thiazole rings is 1. The molecular weight excluding hydrogens is 334 g/mol. The van der Waals surface area contributed by atoms with E-state index in [2.05, 4.69) is 32.3 Å². The summed E-state index contributed by atoms with van der Waals surface area (Å²) in [6.07, 6.45) is 0. The van der Waals surface area contributed by atoms with E-state index < -0.39 is 0 Å². The van der Waals surface area contributed by atoms with E-state index in [1.54, 1.807) is 11.3 Å². The molecule has 0 amide bonds. The number of aryl methyl sites for hydroxylation is 1. The molecule has 0 aliphatic rings. The fourth-order valence-corrected chi connectivity index (χ4v) is 3.10. The Morgan fingerprint density at radius 3 is 2.90 bits per heavy atom. The Bertz CT molecular complexity index is 833. The van der Waals surface area contributed by atoms with Crippen LogP contribution in [0.25, 0.3) is 10.2 Å². The van der Waals surface area contributed by atoms with Gasteiger partial charge in [-0.1, -0.05) is 33.3 Å². The molecule has 1 heterocycles. The predicted molar refractivity (Wildman–Crippen MR) is 86.5 cm³/mol. The van der Waals surface area contributed by atoms with Gasteiger partial charge in [-0.25, -0.2) is 4.98 Å². The van der Waals surface area contributed by atoms with Crippen molar-refractivity contribution in [2.45, 2.75) is 6.92 Å². The number of hydrogen-bond donors (Lipinski definition) is 1. The van der Waals surface area contributed by atoms with Gasteiger partial charge in [-0.3, -0.25) is 0 Å². The van der Waals surface area contributed by atoms with Crippen LogP contribution < -0.4 is 5.32 Å². The smallest absolute Gasteiger partial charge is 0.188 e. The van der Waals surface area contributed by atoms with E-state index in [0.717, 1.165) is 31.1 Å². The quantitative estimate of drug-likeness (QED) is 0.713. The van der Waals surface area contributed by atoms with Crippen molar-refractivity contribution in [3.05, 3.63) is 52.0 Å². The summed E-state index contributed by atoms with van der Waals surface area (Å²) >= 11 is 5.04. The summed E-state index contributed by atoms with van der Waals surface area (Å²) in [5.41, 5.74) is 3.61. The number of rotatable bonds is 2. The second kappa shape index (κ2) is 5.23. The summed E-state index contributed by atoms with van der Waals surface area (Å²) in [5, 5.41) is 13.1.